The topological polar surface area (TPSA) is 84.9 Å². The smallest absolute Gasteiger partial charge is 0.251 e. The van der Waals surface area contributed by atoms with Crippen molar-refractivity contribution in [3.05, 3.63) is 66.7 Å². The highest BCUT2D eigenvalue weighted by molar-refractivity contribution is 7.89. The normalized spacial score (nSPS) is 14.6. The first-order chi connectivity index (χ1) is 15.0. The Hall–Kier alpha value is -2.84. The molecule has 0 spiro atoms. The summed E-state index contributed by atoms with van der Waals surface area (Å²) in [5.41, 5.74) is 0.526. The van der Waals surface area contributed by atoms with Gasteiger partial charge in [0.05, 0.1) is 11.4 Å². The van der Waals surface area contributed by atoms with E-state index in [1.165, 1.54) is 0 Å². The van der Waals surface area contributed by atoms with Crippen LogP contribution in [0.5, 0.6) is 11.5 Å². The van der Waals surface area contributed by atoms with Gasteiger partial charge in [-0.25, -0.2) is 8.42 Å². The van der Waals surface area contributed by atoms with E-state index in [4.69, 9.17) is 9.47 Å². The molecule has 2 aromatic rings. The Labute approximate surface area is 183 Å². The number of carbonyl (C=O) groups is 1. The minimum absolute atomic E-state index is 0.207. The summed E-state index contributed by atoms with van der Waals surface area (Å²) in [6.45, 7) is 5.74. The van der Waals surface area contributed by atoms with Crippen LogP contribution in [0.4, 0.5) is 0 Å². The van der Waals surface area contributed by atoms with Crippen LogP contribution in [0.25, 0.3) is 0 Å². The highest BCUT2D eigenvalue weighted by Crippen LogP contribution is 2.22. The number of sulfonamides is 1. The summed E-state index contributed by atoms with van der Waals surface area (Å²) in [6.07, 6.45) is 4.53. The maximum Gasteiger partial charge on any atom is 0.251 e. The van der Waals surface area contributed by atoms with E-state index in [9.17, 15) is 13.2 Å². The summed E-state index contributed by atoms with van der Waals surface area (Å²) in [7, 11) is -3.45. The summed E-state index contributed by atoms with van der Waals surface area (Å²) >= 11 is 0. The maximum atomic E-state index is 12.7. The van der Waals surface area contributed by atoms with E-state index in [0.29, 0.717) is 43.3 Å². The van der Waals surface area contributed by atoms with Crippen molar-refractivity contribution in [2.75, 3.05) is 32.8 Å². The fourth-order valence-electron chi connectivity index (χ4n) is 3.26. The molecule has 1 heterocycles. The molecule has 0 bridgehead atoms. The van der Waals surface area contributed by atoms with Crippen LogP contribution in [-0.2, 0) is 10.0 Å². The van der Waals surface area contributed by atoms with Gasteiger partial charge in [-0.05, 0) is 61.4 Å². The number of nitrogens with one attached hydrogen (secondary N) is 1. The first-order valence-electron chi connectivity index (χ1n) is 10.4. The molecule has 0 unspecified atom stereocenters. The average molecular weight is 445 g/mol. The van der Waals surface area contributed by atoms with E-state index in [0.717, 1.165) is 19.3 Å². The lowest BCUT2D eigenvalue weighted by atomic mass is 10.2. The first-order valence-corrected chi connectivity index (χ1v) is 11.8. The number of rotatable bonds is 10. The molecule has 0 aliphatic carbocycles. The lowest BCUT2D eigenvalue weighted by molar-refractivity contribution is 0.0947. The summed E-state index contributed by atoms with van der Waals surface area (Å²) in [5.74, 6) is 1.02. The molecule has 1 aliphatic rings. The quantitative estimate of drug-likeness (QED) is 0.449. The first kappa shape index (κ1) is 22.8. The summed E-state index contributed by atoms with van der Waals surface area (Å²) in [6, 6.07) is 13.2. The van der Waals surface area contributed by atoms with Crippen molar-refractivity contribution in [3.63, 3.8) is 0 Å². The predicted molar refractivity (Wildman–Crippen MR) is 119 cm³/mol. The monoisotopic (exact) mass is 444 g/mol. The molecular weight excluding hydrogens is 416 g/mol. The zero-order valence-corrected chi connectivity index (χ0v) is 18.3. The van der Waals surface area contributed by atoms with Crippen LogP contribution in [0.2, 0.25) is 0 Å². The van der Waals surface area contributed by atoms with Crippen LogP contribution in [0.3, 0.4) is 0 Å². The van der Waals surface area contributed by atoms with Crippen molar-refractivity contribution in [2.45, 2.75) is 24.2 Å². The van der Waals surface area contributed by atoms with Crippen molar-refractivity contribution < 1.29 is 22.7 Å². The van der Waals surface area contributed by atoms with Gasteiger partial charge in [0.15, 0.2) is 0 Å². The third kappa shape index (κ3) is 6.32. The van der Waals surface area contributed by atoms with Gasteiger partial charge in [0.2, 0.25) is 10.0 Å². The third-order valence-corrected chi connectivity index (χ3v) is 6.83. The summed E-state index contributed by atoms with van der Waals surface area (Å²) in [4.78, 5) is 12.5. The lowest BCUT2D eigenvalue weighted by Gasteiger charge is -2.25. The largest absolute Gasteiger partial charge is 0.492 e. The van der Waals surface area contributed by atoms with Crippen molar-refractivity contribution >= 4 is 15.9 Å². The minimum atomic E-state index is -3.45. The Morgan fingerprint density at radius 1 is 0.968 bits per heavy atom. The van der Waals surface area contributed by atoms with E-state index < -0.39 is 10.0 Å². The summed E-state index contributed by atoms with van der Waals surface area (Å²) < 4.78 is 37.9. The van der Waals surface area contributed by atoms with Gasteiger partial charge in [-0.15, -0.1) is 0 Å². The number of ether oxygens (including phenoxy) is 2. The Balaban J connectivity index is 1.44. The minimum Gasteiger partial charge on any atom is -0.492 e. The van der Waals surface area contributed by atoms with Gasteiger partial charge in [0.1, 0.15) is 24.7 Å². The van der Waals surface area contributed by atoms with E-state index in [1.807, 2.05) is 0 Å². The molecule has 1 fully saturated rings. The second-order valence-electron chi connectivity index (χ2n) is 7.16. The van der Waals surface area contributed by atoms with Crippen molar-refractivity contribution in [1.29, 1.82) is 0 Å². The average Bonchev–Trinajstić information content (AvgIpc) is 2.81. The molecule has 166 valence electrons. The fourth-order valence-corrected chi connectivity index (χ4v) is 4.77. The van der Waals surface area contributed by atoms with E-state index >= 15 is 0 Å². The van der Waals surface area contributed by atoms with Gasteiger partial charge in [-0.1, -0.05) is 19.1 Å². The number of nitrogens with zero attached hydrogens (tertiary/aromatic N) is 1. The number of amides is 1. The number of hydrogen-bond acceptors (Lipinski definition) is 5. The van der Waals surface area contributed by atoms with Crippen LogP contribution >= 0.6 is 0 Å². The van der Waals surface area contributed by atoms with E-state index in [-0.39, 0.29) is 17.4 Å². The van der Waals surface area contributed by atoms with Crippen LogP contribution < -0.4 is 14.8 Å². The number of benzene rings is 2. The number of hydrogen-bond donors (Lipinski definition) is 1. The molecule has 3 rings (SSSR count). The van der Waals surface area contributed by atoms with Crippen LogP contribution in [0.1, 0.15) is 29.6 Å². The highest BCUT2D eigenvalue weighted by Gasteiger charge is 2.25. The van der Waals surface area contributed by atoms with Crippen molar-refractivity contribution in [3.8, 4) is 11.5 Å². The second-order valence-corrected chi connectivity index (χ2v) is 9.10. The zero-order chi connectivity index (χ0) is 22.1. The molecule has 2 aromatic carbocycles. The van der Waals surface area contributed by atoms with E-state index in [1.54, 1.807) is 58.9 Å². The van der Waals surface area contributed by atoms with Crippen molar-refractivity contribution in [1.82, 2.24) is 9.62 Å². The number of piperidine rings is 1. The van der Waals surface area contributed by atoms with Gasteiger partial charge in [0, 0.05) is 18.7 Å². The summed E-state index contributed by atoms with van der Waals surface area (Å²) in [5, 5.41) is 2.79. The molecule has 31 heavy (non-hydrogen) atoms. The molecule has 1 saturated heterocycles. The molecule has 7 nitrogen and oxygen atoms in total. The van der Waals surface area contributed by atoms with Gasteiger partial charge in [-0.3, -0.25) is 4.79 Å². The molecule has 0 radical (unpaired) electrons. The van der Waals surface area contributed by atoms with Gasteiger partial charge < -0.3 is 14.8 Å². The highest BCUT2D eigenvalue weighted by atomic mass is 32.2. The Bertz CT molecular complexity index is 966. The molecule has 0 atom stereocenters. The standard InChI is InChI=1S/C23H28N2O5S/c1-2-17-29-20-8-6-19(7-9-20)23(26)24-14-18-30-21-10-12-22(13-11-21)31(27,28)25-15-4-3-5-16-25/h2,6-13H,1,3-5,14-18H2,(H,24,26). The maximum absolute atomic E-state index is 12.7. The Kier molecular flexibility index (Phi) is 8.08. The van der Waals surface area contributed by atoms with Crippen molar-refractivity contribution in [2.24, 2.45) is 0 Å². The van der Waals surface area contributed by atoms with Crippen LogP contribution in [0, 0.1) is 0 Å². The molecular formula is C23H28N2O5S. The van der Waals surface area contributed by atoms with Gasteiger partial charge >= 0.3 is 0 Å². The lowest BCUT2D eigenvalue weighted by Crippen LogP contribution is -2.35. The van der Waals surface area contributed by atoms with Gasteiger partial charge in [-0.2, -0.15) is 4.31 Å². The van der Waals surface area contributed by atoms with E-state index in [2.05, 4.69) is 11.9 Å². The molecule has 1 aliphatic heterocycles. The molecule has 0 aromatic heterocycles. The SMILES string of the molecule is C=CCOc1ccc(C(=O)NCCOc2ccc(S(=O)(=O)N3CCCCC3)cc2)cc1. The number of carbonyl (C=O) groups excluding carboxylic acids is 1. The predicted octanol–water partition coefficient (Wildman–Crippen LogP) is 3.23. The molecule has 0 saturated carbocycles. The molecule has 1 N–H and O–H groups in total. The molecule has 1 amide bonds. The molecule has 8 heteroatoms. The second kappa shape index (κ2) is 11.0. The van der Waals surface area contributed by atoms with Crippen LogP contribution in [-0.4, -0.2) is 51.5 Å². The Morgan fingerprint density at radius 2 is 1.58 bits per heavy atom. The zero-order valence-electron chi connectivity index (χ0n) is 17.5. The van der Waals surface area contributed by atoms with Gasteiger partial charge in [0.25, 0.3) is 5.91 Å². The van der Waals surface area contributed by atoms with Crippen LogP contribution in [0.15, 0.2) is 66.1 Å². The third-order valence-electron chi connectivity index (χ3n) is 4.92. The Morgan fingerprint density at radius 3 is 2.23 bits per heavy atom. The fraction of sp³-hybridized carbons (Fsp3) is 0.348.